The van der Waals surface area contributed by atoms with Crippen LogP contribution >= 0.6 is 0 Å². The molecule has 0 saturated carbocycles. The SMILES string of the molecule is CC(C)N(CC(=O)O)S(=O)(=O)CCCS(=O)(=O)N(C)C. The Labute approximate surface area is 120 Å². The lowest BCUT2D eigenvalue weighted by Gasteiger charge is -2.24. The molecule has 0 amide bonds. The van der Waals surface area contributed by atoms with Crippen molar-refractivity contribution in [1.82, 2.24) is 8.61 Å². The molecule has 0 aromatic rings. The zero-order valence-corrected chi connectivity index (χ0v) is 13.7. The Morgan fingerprint density at radius 3 is 1.85 bits per heavy atom. The molecule has 0 aliphatic heterocycles. The molecule has 0 aliphatic rings. The van der Waals surface area contributed by atoms with Crippen molar-refractivity contribution < 1.29 is 26.7 Å². The summed E-state index contributed by atoms with van der Waals surface area (Å²) >= 11 is 0. The summed E-state index contributed by atoms with van der Waals surface area (Å²) in [5, 5.41) is 8.71. The van der Waals surface area contributed by atoms with Gasteiger partial charge in [0.15, 0.2) is 0 Å². The maximum atomic E-state index is 12.0. The smallest absolute Gasteiger partial charge is 0.318 e. The summed E-state index contributed by atoms with van der Waals surface area (Å²) < 4.78 is 49.0. The maximum Gasteiger partial charge on any atom is 0.318 e. The number of carboxylic acids is 1. The Balaban J connectivity index is 4.77. The van der Waals surface area contributed by atoms with E-state index in [1.165, 1.54) is 14.1 Å². The first-order valence-electron chi connectivity index (χ1n) is 6.01. The van der Waals surface area contributed by atoms with E-state index < -0.39 is 44.4 Å². The van der Waals surface area contributed by atoms with E-state index in [1.807, 2.05) is 0 Å². The zero-order chi connectivity index (χ0) is 16.1. The fourth-order valence-electron chi connectivity index (χ4n) is 1.46. The first-order chi connectivity index (χ1) is 8.90. The van der Waals surface area contributed by atoms with Crippen LogP contribution in [0.15, 0.2) is 0 Å². The molecule has 0 atom stereocenters. The molecule has 0 aliphatic carbocycles. The number of nitrogens with zero attached hydrogens (tertiary/aromatic N) is 2. The van der Waals surface area contributed by atoms with Crippen LogP contribution in [0.5, 0.6) is 0 Å². The quantitative estimate of drug-likeness (QED) is 0.604. The topological polar surface area (TPSA) is 112 Å². The van der Waals surface area contributed by atoms with Crippen LogP contribution in [0.4, 0.5) is 0 Å². The van der Waals surface area contributed by atoms with Crippen LogP contribution in [0.2, 0.25) is 0 Å². The van der Waals surface area contributed by atoms with Crippen LogP contribution in [0.3, 0.4) is 0 Å². The molecule has 0 radical (unpaired) electrons. The molecular formula is C10H22N2O6S2. The third-order valence-corrected chi connectivity index (χ3v) is 6.57. The summed E-state index contributed by atoms with van der Waals surface area (Å²) in [6.07, 6.45) is -0.0777. The predicted octanol–water partition coefficient (Wildman–Crippen LogP) is -0.607. The summed E-state index contributed by atoms with van der Waals surface area (Å²) in [7, 11) is -4.51. The fraction of sp³-hybridized carbons (Fsp3) is 0.900. The first-order valence-corrected chi connectivity index (χ1v) is 9.23. The Hall–Kier alpha value is -0.710. The molecule has 120 valence electrons. The molecule has 0 fully saturated rings. The Kier molecular flexibility index (Phi) is 7.08. The van der Waals surface area contributed by atoms with Gasteiger partial charge in [0.2, 0.25) is 20.0 Å². The average molecular weight is 330 g/mol. The minimum Gasteiger partial charge on any atom is -0.480 e. The predicted molar refractivity (Wildman–Crippen MR) is 75.4 cm³/mol. The van der Waals surface area contributed by atoms with Crippen LogP contribution in [0.25, 0.3) is 0 Å². The summed E-state index contributed by atoms with van der Waals surface area (Å²) in [5.74, 6) is -1.94. The van der Waals surface area contributed by atoms with E-state index >= 15 is 0 Å². The van der Waals surface area contributed by atoms with Crippen LogP contribution in [0, 0.1) is 0 Å². The highest BCUT2D eigenvalue weighted by atomic mass is 32.2. The minimum absolute atomic E-state index is 0.0777. The number of carboxylic acid groups (broad SMARTS) is 1. The molecule has 0 unspecified atom stereocenters. The standard InChI is InChI=1S/C10H22N2O6S2/c1-9(2)12(8-10(13)14)20(17,18)7-5-6-19(15,16)11(3)4/h9H,5-8H2,1-4H3,(H,13,14). The van der Waals surface area contributed by atoms with E-state index in [1.54, 1.807) is 13.8 Å². The van der Waals surface area contributed by atoms with Gasteiger partial charge in [-0.3, -0.25) is 4.79 Å². The van der Waals surface area contributed by atoms with Gasteiger partial charge in [0.05, 0.1) is 11.5 Å². The second kappa shape index (κ2) is 7.34. The second-order valence-corrected chi connectivity index (χ2v) is 9.14. The minimum atomic E-state index is -3.80. The van der Waals surface area contributed by atoms with Crippen molar-refractivity contribution in [3.8, 4) is 0 Å². The van der Waals surface area contributed by atoms with Crippen molar-refractivity contribution in [3.63, 3.8) is 0 Å². The van der Waals surface area contributed by atoms with Gasteiger partial charge >= 0.3 is 5.97 Å². The van der Waals surface area contributed by atoms with Crippen LogP contribution in [-0.2, 0) is 24.8 Å². The van der Waals surface area contributed by atoms with E-state index in [4.69, 9.17) is 5.11 Å². The third-order valence-electron chi connectivity index (χ3n) is 2.59. The third kappa shape index (κ3) is 6.16. The van der Waals surface area contributed by atoms with E-state index in [0.29, 0.717) is 0 Å². The molecule has 1 N–H and O–H groups in total. The molecule has 0 aromatic carbocycles. The van der Waals surface area contributed by atoms with Crippen LogP contribution in [0.1, 0.15) is 20.3 Å². The van der Waals surface area contributed by atoms with Gasteiger partial charge in [0.25, 0.3) is 0 Å². The Bertz CT molecular complexity index is 524. The zero-order valence-electron chi connectivity index (χ0n) is 12.1. The van der Waals surface area contributed by atoms with Crippen molar-refractivity contribution in [3.05, 3.63) is 0 Å². The number of hydrogen-bond acceptors (Lipinski definition) is 5. The Morgan fingerprint density at radius 1 is 1.05 bits per heavy atom. The lowest BCUT2D eigenvalue weighted by Crippen LogP contribution is -2.42. The van der Waals surface area contributed by atoms with Gasteiger partial charge in [-0.05, 0) is 20.3 Å². The van der Waals surface area contributed by atoms with Crippen LogP contribution < -0.4 is 0 Å². The average Bonchev–Trinajstić information content (AvgIpc) is 2.24. The van der Waals surface area contributed by atoms with E-state index in [-0.39, 0.29) is 12.2 Å². The highest BCUT2D eigenvalue weighted by Gasteiger charge is 2.27. The van der Waals surface area contributed by atoms with E-state index in [0.717, 1.165) is 8.61 Å². The van der Waals surface area contributed by atoms with Gasteiger partial charge in [-0.1, -0.05) is 0 Å². The molecular weight excluding hydrogens is 308 g/mol. The number of aliphatic carboxylic acids is 1. The van der Waals surface area contributed by atoms with Crippen molar-refractivity contribution in [2.45, 2.75) is 26.3 Å². The molecule has 0 aromatic heterocycles. The summed E-state index contributed by atoms with van der Waals surface area (Å²) in [6.45, 7) is 2.51. The lowest BCUT2D eigenvalue weighted by atomic mass is 10.4. The van der Waals surface area contributed by atoms with Gasteiger partial charge in [-0.15, -0.1) is 0 Å². The second-order valence-electron chi connectivity index (χ2n) is 4.80. The van der Waals surface area contributed by atoms with Crippen molar-refractivity contribution in [1.29, 1.82) is 0 Å². The normalized spacial score (nSPS) is 13.3. The lowest BCUT2D eigenvalue weighted by molar-refractivity contribution is -0.137. The van der Waals surface area contributed by atoms with Gasteiger partial charge in [0.1, 0.15) is 6.54 Å². The maximum absolute atomic E-state index is 12.0. The van der Waals surface area contributed by atoms with Gasteiger partial charge in [0, 0.05) is 20.1 Å². The first kappa shape index (κ1) is 19.3. The number of hydrogen-bond donors (Lipinski definition) is 1. The molecule has 20 heavy (non-hydrogen) atoms. The number of sulfonamides is 2. The molecule has 0 saturated heterocycles. The largest absolute Gasteiger partial charge is 0.480 e. The van der Waals surface area contributed by atoms with E-state index in [2.05, 4.69) is 0 Å². The summed E-state index contributed by atoms with van der Waals surface area (Å²) in [4.78, 5) is 10.7. The molecule has 0 bridgehead atoms. The molecule has 0 heterocycles. The Morgan fingerprint density at radius 2 is 1.50 bits per heavy atom. The van der Waals surface area contributed by atoms with Crippen molar-refractivity contribution in [2.75, 3.05) is 32.1 Å². The van der Waals surface area contributed by atoms with Gasteiger partial charge in [-0.2, -0.15) is 4.31 Å². The highest BCUT2D eigenvalue weighted by Crippen LogP contribution is 2.10. The van der Waals surface area contributed by atoms with E-state index in [9.17, 15) is 21.6 Å². The number of rotatable bonds is 9. The van der Waals surface area contributed by atoms with Crippen LogP contribution in [-0.4, -0.2) is 74.7 Å². The number of carbonyl (C=O) groups is 1. The molecule has 0 spiro atoms. The van der Waals surface area contributed by atoms with Gasteiger partial charge < -0.3 is 5.11 Å². The monoisotopic (exact) mass is 330 g/mol. The molecule has 0 rings (SSSR count). The van der Waals surface area contributed by atoms with Crippen molar-refractivity contribution in [2.24, 2.45) is 0 Å². The summed E-state index contributed by atoms with van der Waals surface area (Å²) in [5.41, 5.74) is 0. The summed E-state index contributed by atoms with van der Waals surface area (Å²) in [6, 6.07) is -0.499. The fourth-order valence-corrected chi connectivity index (χ4v) is 4.21. The van der Waals surface area contributed by atoms with Gasteiger partial charge in [-0.25, -0.2) is 21.1 Å². The molecule has 10 heteroatoms. The van der Waals surface area contributed by atoms with Crippen molar-refractivity contribution >= 4 is 26.0 Å². The highest BCUT2D eigenvalue weighted by molar-refractivity contribution is 7.90. The molecule has 8 nitrogen and oxygen atoms in total.